The van der Waals surface area contributed by atoms with Crippen LogP contribution in [0.2, 0.25) is 0 Å². The second-order valence-corrected chi connectivity index (χ2v) is 13.8. The van der Waals surface area contributed by atoms with Gasteiger partial charge in [0, 0.05) is 51.3 Å². The first-order valence-electron chi connectivity index (χ1n) is 17.8. The van der Waals surface area contributed by atoms with E-state index in [9.17, 15) is 14.7 Å². The summed E-state index contributed by atoms with van der Waals surface area (Å²) in [7, 11) is 3.42. The predicted molar refractivity (Wildman–Crippen MR) is 195 cm³/mol. The number of nitrogens with one attached hydrogen (secondary N) is 2. The molecule has 1 aromatic carbocycles. The lowest BCUT2D eigenvalue weighted by atomic mass is 10.0. The zero-order valence-corrected chi connectivity index (χ0v) is 30.5. The van der Waals surface area contributed by atoms with Crippen molar-refractivity contribution in [3.05, 3.63) is 30.0 Å². The van der Waals surface area contributed by atoms with Gasteiger partial charge in [-0.1, -0.05) is 19.8 Å². The van der Waals surface area contributed by atoms with E-state index in [0.717, 1.165) is 30.8 Å². The van der Waals surface area contributed by atoms with E-state index in [2.05, 4.69) is 33.4 Å². The second-order valence-electron chi connectivity index (χ2n) is 13.8. The minimum absolute atomic E-state index is 0.0739. The number of anilines is 4. The SMILES string of the molecule is C#CCCOCCCN(CCCNC(=O)c1ccc(Nc2ncc3c(n2)N(C2CCCC2)[C@H](CC)C(O)N3C)c(OC)c1)C(=O)OC(C)(C)C. The van der Waals surface area contributed by atoms with Crippen LogP contribution in [0.3, 0.4) is 0 Å². The third-order valence-electron chi connectivity index (χ3n) is 8.97. The monoisotopic (exact) mass is 693 g/mol. The summed E-state index contributed by atoms with van der Waals surface area (Å²) in [6.07, 6.45) is 13.0. The van der Waals surface area contributed by atoms with Crippen molar-refractivity contribution < 1.29 is 28.9 Å². The van der Waals surface area contributed by atoms with Crippen molar-refractivity contribution in [3.8, 4) is 18.1 Å². The molecule has 1 unspecified atom stereocenters. The van der Waals surface area contributed by atoms with Crippen LogP contribution in [-0.4, -0.2) is 103 Å². The Morgan fingerprint density at radius 1 is 1.16 bits per heavy atom. The average Bonchev–Trinajstić information content (AvgIpc) is 3.62. The highest BCUT2D eigenvalue weighted by Crippen LogP contribution is 2.41. The molecular weight excluding hydrogens is 638 g/mol. The molecule has 0 bridgehead atoms. The van der Waals surface area contributed by atoms with Crippen molar-refractivity contribution in [1.82, 2.24) is 20.2 Å². The van der Waals surface area contributed by atoms with E-state index in [0.29, 0.717) is 81.1 Å². The number of aliphatic hydroxyl groups excluding tert-OH is 1. The normalized spacial score (nSPS) is 17.6. The van der Waals surface area contributed by atoms with Crippen molar-refractivity contribution in [3.63, 3.8) is 0 Å². The molecule has 1 saturated carbocycles. The largest absolute Gasteiger partial charge is 0.495 e. The van der Waals surface area contributed by atoms with Crippen molar-refractivity contribution in [2.45, 2.75) is 103 Å². The Morgan fingerprint density at radius 3 is 2.58 bits per heavy atom. The zero-order chi connectivity index (χ0) is 36.3. The average molecular weight is 694 g/mol. The second kappa shape index (κ2) is 18.1. The summed E-state index contributed by atoms with van der Waals surface area (Å²) in [6.45, 7) is 9.81. The lowest BCUT2D eigenvalue weighted by molar-refractivity contribution is 0.0228. The molecule has 4 rings (SSSR count). The summed E-state index contributed by atoms with van der Waals surface area (Å²) in [4.78, 5) is 41.2. The van der Waals surface area contributed by atoms with Crippen LogP contribution in [0.1, 0.15) is 89.4 Å². The van der Waals surface area contributed by atoms with Crippen LogP contribution >= 0.6 is 0 Å². The van der Waals surface area contributed by atoms with Crippen LogP contribution in [0.5, 0.6) is 5.75 Å². The number of aliphatic hydroxyl groups is 1. The molecule has 1 aliphatic carbocycles. The summed E-state index contributed by atoms with van der Waals surface area (Å²) < 4.78 is 16.8. The fraction of sp³-hybridized carbons (Fsp3) is 0.622. The van der Waals surface area contributed by atoms with Gasteiger partial charge in [0.2, 0.25) is 5.95 Å². The van der Waals surface area contributed by atoms with Crippen LogP contribution in [0.25, 0.3) is 0 Å². The zero-order valence-electron chi connectivity index (χ0n) is 30.5. The molecule has 13 heteroatoms. The third kappa shape index (κ3) is 10.1. The highest BCUT2D eigenvalue weighted by atomic mass is 16.6. The first-order valence-corrected chi connectivity index (χ1v) is 17.8. The van der Waals surface area contributed by atoms with Gasteiger partial charge >= 0.3 is 6.09 Å². The van der Waals surface area contributed by atoms with Gasteiger partial charge in [-0.25, -0.2) is 9.78 Å². The van der Waals surface area contributed by atoms with Crippen molar-refractivity contribution in [2.24, 2.45) is 0 Å². The van der Waals surface area contributed by atoms with Crippen LogP contribution in [0.15, 0.2) is 24.4 Å². The van der Waals surface area contributed by atoms with E-state index in [1.807, 2.05) is 32.7 Å². The van der Waals surface area contributed by atoms with Gasteiger partial charge in [0.05, 0.1) is 31.6 Å². The Labute approximate surface area is 297 Å². The maximum Gasteiger partial charge on any atom is 0.410 e. The molecule has 2 atom stereocenters. The molecule has 2 heterocycles. The number of ether oxygens (including phenoxy) is 3. The van der Waals surface area contributed by atoms with Crippen molar-refractivity contribution in [1.29, 1.82) is 0 Å². The van der Waals surface area contributed by atoms with Crippen LogP contribution in [0, 0.1) is 12.3 Å². The van der Waals surface area contributed by atoms with E-state index in [4.69, 9.17) is 25.6 Å². The quantitative estimate of drug-likeness (QED) is 0.156. The van der Waals surface area contributed by atoms with E-state index in [1.165, 1.54) is 12.8 Å². The number of fused-ring (bicyclic) bond motifs is 1. The van der Waals surface area contributed by atoms with Gasteiger partial charge in [-0.2, -0.15) is 4.98 Å². The Balaban J connectivity index is 1.38. The number of aromatic nitrogens is 2. The summed E-state index contributed by atoms with van der Waals surface area (Å²) >= 11 is 0. The molecule has 0 spiro atoms. The Morgan fingerprint density at radius 2 is 1.90 bits per heavy atom. The van der Waals surface area contributed by atoms with Gasteiger partial charge in [-0.15, -0.1) is 12.3 Å². The minimum atomic E-state index is -0.645. The molecule has 2 aliphatic rings. The molecule has 1 aliphatic heterocycles. The highest BCUT2D eigenvalue weighted by molar-refractivity contribution is 5.95. The minimum Gasteiger partial charge on any atom is -0.495 e. The maximum atomic E-state index is 13.1. The fourth-order valence-electron chi connectivity index (χ4n) is 6.44. The van der Waals surface area contributed by atoms with Crippen molar-refractivity contribution >= 4 is 35.1 Å². The molecule has 50 heavy (non-hydrogen) atoms. The smallest absolute Gasteiger partial charge is 0.410 e. The van der Waals surface area contributed by atoms with Gasteiger partial charge in [0.1, 0.15) is 23.3 Å². The van der Waals surface area contributed by atoms with E-state index < -0.39 is 17.9 Å². The topological polar surface area (TPSA) is 142 Å². The first-order chi connectivity index (χ1) is 24.0. The highest BCUT2D eigenvalue weighted by Gasteiger charge is 2.41. The number of methoxy groups -OCH3 is 1. The number of rotatable bonds is 16. The van der Waals surface area contributed by atoms with Gasteiger partial charge in [-0.05, 0) is 71.1 Å². The van der Waals surface area contributed by atoms with Gasteiger partial charge in [0.25, 0.3) is 5.91 Å². The van der Waals surface area contributed by atoms with Gasteiger partial charge in [-0.3, -0.25) is 4.79 Å². The summed E-state index contributed by atoms with van der Waals surface area (Å²) in [6, 6.07) is 5.40. The fourth-order valence-corrected chi connectivity index (χ4v) is 6.44. The molecular formula is C37H55N7O6. The number of hydrogen-bond acceptors (Lipinski definition) is 11. The van der Waals surface area contributed by atoms with E-state index in [-0.39, 0.29) is 11.9 Å². The number of nitrogens with zero attached hydrogens (tertiary/aromatic N) is 5. The molecule has 1 fully saturated rings. The molecule has 3 N–H and O–H groups in total. The van der Waals surface area contributed by atoms with E-state index in [1.54, 1.807) is 36.4 Å². The van der Waals surface area contributed by atoms with Crippen LogP contribution in [-0.2, 0) is 9.47 Å². The Bertz CT molecular complexity index is 1470. The number of likely N-dealkylation sites (N-methyl/N-ethyl adjacent to an activating group) is 1. The number of terminal acetylenes is 1. The molecule has 0 saturated heterocycles. The maximum absolute atomic E-state index is 13.1. The molecule has 1 aromatic heterocycles. The lowest BCUT2D eigenvalue weighted by Crippen LogP contribution is -2.58. The molecule has 2 aromatic rings. The number of benzene rings is 1. The number of amides is 2. The third-order valence-corrected chi connectivity index (χ3v) is 8.97. The van der Waals surface area contributed by atoms with Gasteiger partial charge < -0.3 is 44.7 Å². The number of carbonyl (C=O) groups excluding carboxylic acids is 2. The molecule has 0 radical (unpaired) electrons. The number of carbonyl (C=O) groups is 2. The number of hydrogen-bond donors (Lipinski definition) is 3. The van der Waals surface area contributed by atoms with E-state index >= 15 is 0 Å². The summed E-state index contributed by atoms with van der Waals surface area (Å²) in [5.41, 5.74) is 1.22. The standard InChI is InChI=1S/C37H55N7O6/c1-8-10-22-49-23-14-21-43(36(47)50-37(3,4)5)20-13-19-38-33(45)26-17-18-28(31(24-26)48-7)40-35-39-25-30-32(41-35)44(27-15-11-12-16-27)29(9-2)34(46)42(30)6/h1,17-18,24-25,27,29,34,46H,9-16,19-23H2,2-7H3,(H,38,45)(H,39,40,41)/t29-,34?/m1/s1. The first kappa shape index (κ1) is 38.5. The lowest BCUT2D eigenvalue weighted by Gasteiger charge is -2.48. The Hall–Kier alpha value is -4.28. The molecule has 2 amide bonds. The molecule has 13 nitrogen and oxygen atoms in total. The Kier molecular flexibility index (Phi) is 13.9. The van der Waals surface area contributed by atoms with Gasteiger partial charge in [0.15, 0.2) is 5.82 Å². The summed E-state index contributed by atoms with van der Waals surface area (Å²) in [5.74, 6) is 3.95. The van der Waals surface area contributed by atoms with Crippen LogP contribution < -0.4 is 25.2 Å². The summed E-state index contributed by atoms with van der Waals surface area (Å²) in [5, 5.41) is 17.3. The molecule has 274 valence electrons. The predicted octanol–water partition coefficient (Wildman–Crippen LogP) is 5.31. The van der Waals surface area contributed by atoms with Crippen LogP contribution in [0.4, 0.5) is 27.9 Å². The van der Waals surface area contributed by atoms with Crippen molar-refractivity contribution in [2.75, 3.05) is 62.1 Å².